The maximum absolute atomic E-state index is 12.0. The summed E-state index contributed by atoms with van der Waals surface area (Å²) in [4.78, 5) is 12.0. The van der Waals surface area contributed by atoms with Gasteiger partial charge in [-0.05, 0) is 29.4 Å². The number of hydrogen-bond donors (Lipinski definition) is 2. The van der Waals surface area contributed by atoms with E-state index in [0.29, 0.717) is 6.54 Å². The summed E-state index contributed by atoms with van der Waals surface area (Å²) >= 11 is 0. The third-order valence-electron chi connectivity index (χ3n) is 3.17. The molecule has 0 fully saturated rings. The van der Waals surface area contributed by atoms with Crippen molar-refractivity contribution in [2.75, 3.05) is 18.4 Å². The average Bonchev–Trinajstić information content (AvgIpc) is 2.44. The average molecular weight is 256 g/mol. The highest BCUT2D eigenvalue weighted by molar-refractivity contribution is 5.95. The standard InChI is InChI=1S/C16H20N2O/c1-3-17-11-12(2)16(19)18-15-9-8-13-6-4-5-7-14(13)10-15/h4-10,12,17H,3,11H2,1-2H3,(H,18,19). The van der Waals surface area contributed by atoms with Crippen LogP contribution in [0.5, 0.6) is 0 Å². The first-order valence-electron chi connectivity index (χ1n) is 6.71. The summed E-state index contributed by atoms with van der Waals surface area (Å²) in [5, 5.41) is 8.47. The molecule has 1 unspecified atom stereocenters. The zero-order valence-corrected chi connectivity index (χ0v) is 11.4. The van der Waals surface area contributed by atoms with Crippen LogP contribution in [0.4, 0.5) is 5.69 Å². The minimum absolute atomic E-state index is 0.0357. The summed E-state index contributed by atoms with van der Waals surface area (Å²) in [7, 11) is 0. The van der Waals surface area contributed by atoms with Gasteiger partial charge in [0.2, 0.25) is 5.91 Å². The molecule has 3 heteroatoms. The minimum atomic E-state index is -0.0357. The molecule has 0 heterocycles. The van der Waals surface area contributed by atoms with Gasteiger partial charge in [0.25, 0.3) is 0 Å². The maximum Gasteiger partial charge on any atom is 0.228 e. The summed E-state index contributed by atoms with van der Waals surface area (Å²) < 4.78 is 0. The van der Waals surface area contributed by atoms with E-state index in [2.05, 4.69) is 16.7 Å². The fourth-order valence-corrected chi connectivity index (χ4v) is 1.99. The van der Waals surface area contributed by atoms with E-state index < -0.39 is 0 Å². The van der Waals surface area contributed by atoms with Crippen molar-refractivity contribution in [2.45, 2.75) is 13.8 Å². The van der Waals surface area contributed by atoms with Crippen molar-refractivity contribution in [1.82, 2.24) is 5.32 Å². The number of rotatable bonds is 5. The monoisotopic (exact) mass is 256 g/mol. The molecule has 3 nitrogen and oxygen atoms in total. The molecule has 0 saturated carbocycles. The molecule has 2 rings (SSSR count). The molecule has 0 bridgehead atoms. The van der Waals surface area contributed by atoms with Gasteiger partial charge in [0.15, 0.2) is 0 Å². The molecular weight excluding hydrogens is 236 g/mol. The molecule has 19 heavy (non-hydrogen) atoms. The Balaban J connectivity index is 2.06. The van der Waals surface area contributed by atoms with E-state index in [1.807, 2.05) is 50.2 Å². The Morgan fingerprint density at radius 2 is 1.89 bits per heavy atom. The Kier molecular flexibility index (Phi) is 4.53. The van der Waals surface area contributed by atoms with Gasteiger partial charge in [-0.3, -0.25) is 4.79 Å². The van der Waals surface area contributed by atoms with Crippen molar-refractivity contribution >= 4 is 22.4 Å². The van der Waals surface area contributed by atoms with Gasteiger partial charge in [0, 0.05) is 18.2 Å². The van der Waals surface area contributed by atoms with Crippen LogP contribution in [0, 0.1) is 5.92 Å². The minimum Gasteiger partial charge on any atom is -0.326 e. The van der Waals surface area contributed by atoms with Crippen molar-refractivity contribution in [3.63, 3.8) is 0 Å². The number of amides is 1. The van der Waals surface area contributed by atoms with Gasteiger partial charge in [0.1, 0.15) is 0 Å². The largest absolute Gasteiger partial charge is 0.326 e. The van der Waals surface area contributed by atoms with Gasteiger partial charge in [-0.1, -0.05) is 44.2 Å². The number of fused-ring (bicyclic) bond motifs is 1. The van der Waals surface area contributed by atoms with E-state index in [9.17, 15) is 4.79 Å². The number of carbonyl (C=O) groups excluding carboxylic acids is 1. The molecule has 0 aliphatic rings. The Bertz CT molecular complexity index is 565. The number of carbonyl (C=O) groups is 1. The van der Waals surface area contributed by atoms with Crippen LogP contribution >= 0.6 is 0 Å². The van der Waals surface area contributed by atoms with Crippen LogP contribution in [-0.2, 0) is 4.79 Å². The van der Waals surface area contributed by atoms with Gasteiger partial charge < -0.3 is 10.6 Å². The van der Waals surface area contributed by atoms with Crippen molar-refractivity contribution < 1.29 is 4.79 Å². The van der Waals surface area contributed by atoms with E-state index >= 15 is 0 Å². The predicted molar refractivity (Wildman–Crippen MR) is 80.3 cm³/mol. The quantitative estimate of drug-likeness (QED) is 0.863. The second kappa shape index (κ2) is 6.34. The molecule has 2 aromatic rings. The van der Waals surface area contributed by atoms with Crippen LogP contribution in [0.2, 0.25) is 0 Å². The van der Waals surface area contributed by atoms with E-state index in [0.717, 1.165) is 17.6 Å². The molecule has 1 atom stereocenters. The van der Waals surface area contributed by atoms with Crippen molar-refractivity contribution in [1.29, 1.82) is 0 Å². The highest BCUT2D eigenvalue weighted by atomic mass is 16.1. The Labute approximate surface area is 114 Å². The van der Waals surface area contributed by atoms with E-state index in [4.69, 9.17) is 0 Å². The number of hydrogen-bond acceptors (Lipinski definition) is 2. The van der Waals surface area contributed by atoms with Gasteiger partial charge in [-0.15, -0.1) is 0 Å². The van der Waals surface area contributed by atoms with Gasteiger partial charge >= 0.3 is 0 Å². The SMILES string of the molecule is CCNCC(C)C(=O)Nc1ccc2ccccc2c1. The van der Waals surface area contributed by atoms with Gasteiger partial charge in [0.05, 0.1) is 0 Å². The molecule has 0 aromatic heterocycles. The lowest BCUT2D eigenvalue weighted by Crippen LogP contribution is -2.30. The molecule has 2 aromatic carbocycles. The van der Waals surface area contributed by atoms with Crippen molar-refractivity contribution in [2.24, 2.45) is 5.92 Å². The number of anilines is 1. The third-order valence-corrected chi connectivity index (χ3v) is 3.17. The Morgan fingerprint density at radius 3 is 2.63 bits per heavy atom. The lowest BCUT2D eigenvalue weighted by Gasteiger charge is -2.12. The van der Waals surface area contributed by atoms with Crippen LogP contribution in [0.25, 0.3) is 10.8 Å². The third kappa shape index (κ3) is 3.55. The molecule has 2 N–H and O–H groups in total. The second-order valence-corrected chi connectivity index (χ2v) is 4.76. The number of benzene rings is 2. The fourth-order valence-electron chi connectivity index (χ4n) is 1.99. The van der Waals surface area contributed by atoms with Gasteiger partial charge in [-0.2, -0.15) is 0 Å². The van der Waals surface area contributed by atoms with Crippen LogP contribution in [0.1, 0.15) is 13.8 Å². The first-order valence-corrected chi connectivity index (χ1v) is 6.71. The van der Waals surface area contributed by atoms with Crippen LogP contribution in [0.3, 0.4) is 0 Å². The topological polar surface area (TPSA) is 41.1 Å². The normalized spacial score (nSPS) is 12.3. The highest BCUT2D eigenvalue weighted by Crippen LogP contribution is 2.19. The molecule has 1 amide bonds. The van der Waals surface area contributed by atoms with Crippen molar-refractivity contribution in [3.05, 3.63) is 42.5 Å². The molecule has 0 radical (unpaired) electrons. The summed E-state index contributed by atoms with van der Waals surface area (Å²) in [5.74, 6) is 0.0163. The van der Waals surface area contributed by atoms with E-state index in [1.165, 1.54) is 5.39 Å². The summed E-state index contributed by atoms with van der Waals surface area (Å²) in [5.41, 5.74) is 0.854. The molecule has 0 aliphatic heterocycles. The zero-order chi connectivity index (χ0) is 13.7. The Hall–Kier alpha value is -1.87. The predicted octanol–water partition coefficient (Wildman–Crippen LogP) is 3.02. The summed E-state index contributed by atoms with van der Waals surface area (Å²) in [6, 6.07) is 14.1. The molecular formula is C16H20N2O. The second-order valence-electron chi connectivity index (χ2n) is 4.76. The lowest BCUT2D eigenvalue weighted by molar-refractivity contribution is -0.119. The smallest absolute Gasteiger partial charge is 0.228 e. The molecule has 0 saturated heterocycles. The van der Waals surface area contributed by atoms with Crippen LogP contribution < -0.4 is 10.6 Å². The highest BCUT2D eigenvalue weighted by Gasteiger charge is 2.12. The van der Waals surface area contributed by atoms with E-state index in [1.54, 1.807) is 0 Å². The number of nitrogens with one attached hydrogen (secondary N) is 2. The summed E-state index contributed by atoms with van der Waals surface area (Å²) in [6.07, 6.45) is 0. The maximum atomic E-state index is 12.0. The first kappa shape index (κ1) is 13.6. The zero-order valence-electron chi connectivity index (χ0n) is 11.4. The first-order chi connectivity index (χ1) is 9.20. The molecule has 100 valence electrons. The summed E-state index contributed by atoms with van der Waals surface area (Å²) in [6.45, 7) is 5.55. The van der Waals surface area contributed by atoms with Crippen molar-refractivity contribution in [3.8, 4) is 0 Å². The Morgan fingerprint density at radius 1 is 1.16 bits per heavy atom. The molecule has 0 aliphatic carbocycles. The molecule has 0 spiro atoms. The van der Waals surface area contributed by atoms with E-state index in [-0.39, 0.29) is 11.8 Å². The lowest BCUT2D eigenvalue weighted by atomic mass is 10.1. The van der Waals surface area contributed by atoms with Crippen LogP contribution in [0.15, 0.2) is 42.5 Å². The van der Waals surface area contributed by atoms with Crippen LogP contribution in [-0.4, -0.2) is 19.0 Å². The van der Waals surface area contributed by atoms with Gasteiger partial charge in [-0.25, -0.2) is 0 Å². The fraction of sp³-hybridized carbons (Fsp3) is 0.312.